The summed E-state index contributed by atoms with van der Waals surface area (Å²) in [6, 6.07) is 11.0. The van der Waals surface area contributed by atoms with Crippen molar-refractivity contribution in [3.63, 3.8) is 0 Å². The van der Waals surface area contributed by atoms with Gasteiger partial charge in [0.15, 0.2) is 0 Å². The third-order valence-corrected chi connectivity index (χ3v) is 5.36. The van der Waals surface area contributed by atoms with Crippen LogP contribution in [-0.2, 0) is 6.42 Å². The van der Waals surface area contributed by atoms with Crippen molar-refractivity contribution in [2.75, 3.05) is 5.73 Å². The smallest absolute Gasteiger partial charge is 0.146 e. The summed E-state index contributed by atoms with van der Waals surface area (Å²) in [4.78, 5) is 8.87. The summed E-state index contributed by atoms with van der Waals surface area (Å²) in [5, 5.41) is 2.16. The molecule has 5 nitrogen and oxygen atoms in total. The molecule has 0 saturated carbocycles. The minimum Gasteiger partial charge on any atom is -0.383 e. The van der Waals surface area contributed by atoms with Gasteiger partial charge >= 0.3 is 0 Å². The number of aromatic nitrogens is 4. The molecular formula is C21H21N5. The Balaban J connectivity index is 2.01. The lowest BCUT2D eigenvalue weighted by Gasteiger charge is -2.14. The molecule has 5 rings (SSSR count). The van der Waals surface area contributed by atoms with Crippen molar-refractivity contribution in [1.29, 1.82) is 0 Å². The maximum Gasteiger partial charge on any atom is 0.146 e. The average molecular weight is 343 g/mol. The van der Waals surface area contributed by atoms with Crippen LogP contribution in [-0.4, -0.2) is 19.1 Å². The average Bonchev–Trinajstić information content (AvgIpc) is 3.12. The first kappa shape index (κ1) is 15.2. The quantitative estimate of drug-likeness (QED) is 0.548. The Morgan fingerprint density at radius 2 is 1.96 bits per heavy atom. The molecule has 0 aliphatic carbocycles. The van der Waals surface area contributed by atoms with E-state index in [4.69, 9.17) is 5.73 Å². The lowest BCUT2D eigenvalue weighted by Crippen LogP contribution is -2.07. The van der Waals surface area contributed by atoms with E-state index >= 15 is 0 Å². The van der Waals surface area contributed by atoms with Gasteiger partial charge in [0.2, 0.25) is 0 Å². The van der Waals surface area contributed by atoms with Gasteiger partial charge in [-0.05, 0) is 38.8 Å². The van der Waals surface area contributed by atoms with Gasteiger partial charge in [-0.2, -0.15) is 0 Å². The normalized spacial score (nSPS) is 14.0. The largest absolute Gasteiger partial charge is 0.383 e. The summed E-state index contributed by atoms with van der Waals surface area (Å²) in [5.74, 6) is 0.537. The molecule has 0 spiro atoms. The highest BCUT2D eigenvalue weighted by Crippen LogP contribution is 2.44. The van der Waals surface area contributed by atoms with Gasteiger partial charge in [-0.3, -0.25) is 0 Å². The summed E-state index contributed by atoms with van der Waals surface area (Å²) >= 11 is 0. The van der Waals surface area contributed by atoms with Crippen LogP contribution in [0.25, 0.3) is 38.9 Å². The van der Waals surface area contributed by atoms with E-state index in [1.807, 2.05) is 0 Å². The number of nitrogen functional groups attached to an aromatic ring is 1. The molecule has 0 bridgehead atoms. The topological polar surface area (TPSA) is 61.7 Å². The highest BCUT2D eigenvalue weighted by molar-refractivity contribution is 6.05. The number of para-hydroxylation sites is 1. The molecule has 1 aliphatic heterocycles. The van der Waals surface area contributed by atoms with E-state index in [1.165, 1.54) is 16.6 Å². The molecule has 0 radical (unpaired) electrons. The van der Waals surface area contributed by atoms with Crippen molar-refractivity contribution in [3.05, 3.63) is 48.9 Å². The van der Waals surface area contributed by atoms with E-state index in [-0.39, 0.29) is 0 Å². The van der Waals surface area contributed by atoms with Gasteiger partial charge in [0, 0.05) is 28.4 Å². The van der Waals surface area contributed by atoms with Crippen molar-refractivity contribution in [1.82, 2.24) is 19.1 Å². The number of benzene rings is 1. The van der Waals surface area contributed by atoms with Crippen LogP contribution >= 0.6 is 0 Å². The van der Waals surface area contributed by atoms with Gasteiger partial charge in [-0.1, -0.05) is 24.8 Å². The Bertz CT molecular complexity index is 1190. The summed E-state index contributed by atoms with van der Waals surface area (Å²) in [6.07, 6.45) is 3.37. The molecule has 4 aromatic rings. The second-order valence-corrected chi connectivity index (χ2v) is 7.23. The number of allylic oxidation sites excluding steroid dienone is 1. The number of hydrogen-bond acceptors (Lipinski definition) is 3. The Hall–Kier alpha value is -3.08. The number of hydrogen-bond donors (Lipinski definition) is 1. The van der Waals surface area contributed by atoms with E-state index in [1.54, 1.807) is 6.33 Å². The molecule has 1 aromatic carbocycles. The van der Waals surface area contributed by atoms with Crippen LogP contribution in [0.15, 0.2) is 43.2 Å². The van der Waals surface area contributed by atoms with Crippen molar-refractivity contribution in [2.24, 2.45) is 0 Å². The molecule has 5 heteroatoms. The Labute approximate surface area is 151 Å². The second-order valence-electron chi connectivity index (χ2n) is 7.23. The van der Waals surface area contributed by atoms with Crippen molar-refractivity contribution in [3.8, 4) is 11.3 Å². The molecule has 2 N–H and O–H groups in total. The number of fused-ring (bicyclic) bond motifs is 7. The molecule has 4 heterocycles. The van der Waals surface area contributed by atoms with E-state index in [2.05, 4.69) is 69.9 Å². The fraction of sp³-hybridized carbons (Fsp3) is 0.238. The third-order valence-electron chi connectivity index (χ3n) is 5.36. The van der Waals surface area contributed by atoms with Crippen LogP contribution in [0.2, 0.25) is 0 Å². The fourth-order valence-electron chi connectivity index (χ4n) is 4.34. The van der Waals surface area contributed by atoms with Crippen LogP contribution in [0.3, 0.4) is 0 Å². The molecule has 0 amide bonds. The van der Waals surface area contributed by atoms with Crippen LogP contribution in [0.1, 0.15) is 32.0 Å². The Kier molecular flexibility index (Phi) is 3.04. The fourth-order valence-corrected chi connectivity index (χ4v) is 4.34. The molecule has 130 valence electrons. The lowest BCUT2D eigenvalue weighted by molar-refractivity contribution is 0.590. The molecule has 0 atom stereocenters. The second kappa shape index (κ2) is 5.21. The molecular weight excluding hydrogens is 322 g/mol. The number of nitrogens with two attached hydrogens (primary N) is 1. The van der Waals surface area contributed by atoms with Gasteiger partial charge in [0.05, 0.1) is 16.6 Å². The summed E-state index contributed by atoms with van der Waals surface area (Å²) in [5.41, 5.74) is 13.1. The first-order chi connectivity index (χ1) is 12.6. The van der Waals surface area contributed by atoms with Gasteiger partial charge < -0.3 is 14.9 Å². The lowest BCUT2D eigenvalue weighted by atomic mass is 10.1. The standard InChI is InChI=1S/C21H21N5/c1-12(2)25-16-9-8-13(3)26-15-7-5-4-6-14(15)10-17(26)18(16)19-20(22)23-11-24-21(19)25/h4-7,10-12H,3,8-9H2,1-2H3,(H2,22,23,24). The van der Waals surface area contributed by atoms with Gasteiger partial charge in [0.25, 0.3) is 0 Å². The van der Waals surface area contributed by atoms with Crippen LogP contribution in [0, 0.1) is 0 Å². The minimum atomic E-state index is 0.291. The zero-order chi connectivity index (χ0) is 18.0. The maximum atomic E-state index is 6.33. The first-order valence-electron chi connectivity index (χ1n) is 9.00. The predicted molar refractivity (Wildman–Crippen MR) is 107 cm³/mol. The first-order valence-corrected chi connectivity index (χ1v) is 9.00. The van der Waals surface area contributed by atoms with Crippen molar-refractivity contribution >= 4 is 33.5 Å². The monoisotopic (exact) mass is 343 g/mol. The Morgan fingerprint density at radius 1 is 1.15 bits per heavy atom. The molecule has 26 heavy (non-hydrogen) atoms. The molecule has 0 saturated heterocycles. The zero-order valence-corrected chi connectivity index (χ0v) is 15.0. The minimum absolute atomic E-state index is 0.291. The molecule has 3 aromatic heterocycles. The van der Waals surface area contributed by atoms with Gasteiger partial charge in [-0.15, -0.1) is 0 Å². The molecule has 0 unspecified atom stereocenters. The Morgan fingerprint density at radius 3 is 2.77 bits per heavy atom. The van der Waals surface area contributed by atoms with Crippen LogP contribution < -0.4 is 5.73 Å². The SMILES string of the molecule is C=C1CCc2c(c3c(N)ncnc3n2C(C)C)-c2cc3ccccc3n21. The van der Waals surface area contributed by atoms with E-state index < -0.39 is 0 Å². The maximum absolute atomic E-state index is 6.33. The number of anilines is 1. The van der Waals surface area contributed by atoms with E-state index in [9.17, 15) is 0 Å². The zero-order valence-electron chi connectivity index (χ0n) is 15.0. The summed E-state index contributed by atoms with van der Waals surface area (Å²) < 4.78 is 4.58. The van der Waals surface area contributed by atoms with Crippen molar-refractivity contribution in [2.45, 2.75) is 32.7 Å². The summed E-state index contributed by atoms with van der Waals surface area (Å²) in [7, 11) is 0. The third kappa shape index (κ3) is 1.85. The number of rotatable bonds is 1. The van der Waals surface area contributed by atoms with E-state index in [0.29, 0.717) is 11.9 Å². The molecule has 1 aliphatic rings. The van der Waals surface area contributed by atoms with Crippen LogP contribution in [0.5, 0.6) is 0 Å². The van der Waals surface area contributed by atoms with Crippen molar-refractivity contribution < 1.29 is 0 Å². The van der Waals surface area contributed by atoms with Crippen LogP contribution in [0.4, 0.5) is 5.82 Å². The number of nitrogens with zero attached hydrogens (tertiary/aromatic N) is 4. The van der Waals surface area contributed by atoms with E-state index in [0.717, 1.165) is 40.8 Å². The summed E-state index contributed by atoms with van der Waals surface area (Å²) in [6.45, 7) is 8.74. The predicted octanol–water partition coefficient (Wildman–Crippen LogP) is 4.63. The highest BCUT2D eigenvalue weighted by atomic mass is 15.1. The highest BCUT2D eigenvalue weighted by Gasteiger charge is 2.28. The van der Waals surface area contributed by atoms with Gasteiger partial charge in [0.1, 0.15) is 17.8 Å². The molecule has 0 fully saturated rings. The van der Waals surface area contributed by atoms with Gasteiger partial charge in [-0.25, -0.2) is 9.97 Å².